The largest absolute Gasteiger partial charge is 0.539 e. The van der Waals surface area contributed by atoms with Gasteiger partial charge in [-0.25, -0.2) is 0 Å². The normalized spacial score (nSPS) is 10.2. The first-order valence-electron chi connectivity index (χ1n) is 4.34. The predicted molar refractivity (Wildman–Crippen MR) is 47.5 cm³/mol. The molecule has 1 heterocycles. The summed E-state index contributed by atoms with van der Waals surface area (Å²) in [6.45, 7) is 1.49. The Morgan fingerprint density at radius 2 is 2.07 bits per heavy atom. The highest BCUT2D eigenvalue weighted by Crippen LogP contribution is 2.05. The second kappa shape index (κ2) is 3.53. The maximum absolute atomic E-state index is 11.0. The van der Waals surface area contributed by atoms with Gasteiger partial charge in [0.25, 0.3) is 0 Å². The lowest BCUT2D eigenvalue weighted by atomic mass is 10.1. The highest BCUT2D eigenvalue weighted by atomic mass is 16.6. The Balaban J connectivity index is 2.35. The second-order valence-corrected chi connectivity index (χ2v) is 3.07. The van der Waals surface area contributed by atoms with Gasteiger partial charge in [-0.1, -0.05) is 0 Å². The molecule has 0 N–H and O–H groups in total. The fourth-order valence-electron chi connectivity index (χ4n) is 1.20. The first-order valence-corrected chi connectivity index (χ1v) is 4.34. The van der Waals surface area contributed by atoms with Gasteiger partial charge in [0.1, 0.15) is 5.95 Å². The minimum absolute atomic E-state index is 0.00350. The second-order valence-electron chi connectivity index (χ2n) is 3.07. The molecule has 0 aliphatic rings. The molecule has 0 amide bonds. The molecule has 0 unspecified atom stereocenters. The van der Waals surface area contributed by atoms with Crippen LogP contribution >= 0.6 is 0 Å². The average molecular weight is 204 g/mol. The molecular formula is C10H8N2O3. The topological polar surface area (TPSA) is 70.0 Å². The van der Waals surface area contributed by atoms with Gasteiger partial charge in [0.15, 0.2) is 5.78 Å². The number of ketones is 1. The van der Waals surface area contributed by atoms with Gasteiger partial charge in [-0.2, -0.15) is 0 Å². The molecule has 0 saturated heterocycles. The summed E-state index contributed by atoms with van der Waals surface area (Å²) < 4.78 is 5.70. The Hall–Kier alpha value is -2.17. The molecule has 0 aliphatic carbocycles. The SMILES string of the molecule is CC(=O)c1ccc(-[n+]2cc([O-])on2)cc1. The van der Waals surface area contributed by atoms with Crippen LogP contribution in [0.3, 0.4) is 0 Å². The van der Waals surface area contributed by atoms with Crippen molar-refractivity contribution in [2.75, 3.05) is 0 Å². The lowest BCUT2D eigenvalue weighted by molar-refractivity contribution is -0.670. The van der Waals surface area contributed by atoms with E-state index in [1.54, 1.807) is 24.3 Å². The Bertz CT molecular complexity index is 488. The molecule has 0 aliphatic heterocycles. The highest BCUT2D eigenvalue weighted by Gasteiger charge is 2.09. The standard InChI is InChI=1S/C10H8N2O3/c1-7(13)8-2-4-9(5-3-8)12-6-10(14)15-11-12/h2-6H,1H3. The van der Waals surface area contributed by atoms with E-state index in [1.807, 2.05) is 0 Å². The maximum atomic E-state index is 11.0. The average Bonchev–Trinajstić information content (AvgIpc) is 2.65. The molecule has 0 fully saturated rings. The van der Waals surface area contributed by atoms with Crippen LogP contribution in [0.15, 0.2) is 35.0 Å². The van der Waals surface area contributed by atoms with Crippen LogP contribution in [0.4, 0.5) is 0 Å². The van der Waals surface area contributed by atoms with Crippen molar-refractivity contribution in [1.82, 2.24) is 5.27 Å². The summed E-state index contributed by atoms with van der Waals surface area (Å²) in [4.78, 5) is 11.0. The number of carbonyl (C=O) groups is 1. The smallest absolute Gasteiger partial charge is 0.239 e. The zero-order valence-corrected chi connectivity index (χ0v) is 8.01. The van der Waals surface area contributed by atoms with E-state index in [-0.39, 0.29) is 5.78 Å². The van der Waals surface area contributed by atoms with Gasteiger partial charge in [-0.15, -0.1) is 0 Å². The van der Waals surface area contributed by atoms with Gasteiger partial charge in [-0.3, -0.25) is 4.79 Å². The number of hydrogen-bond donors (Lipinski definition) is 0. The van der Waals surface area contributed by atoms with Crippen LogP contribution in [0.5, 0.6) is 5.95 Å². The van der Waals surface area contributed by atoms with E-state index in [0.717, 1.165) is 0 Å². The Labute approximate surface area is 85.5 Å². The van der Waals surface area contributed by atoms with Crippen LogP contribution in [0.1, 0.15) is 17.3 Å². The van der Waals surface area contributed by atoms with Gasteiger partial charge >= 0.3 is 0 Å². The van der Waals surface area contributed by atoms with E-state index in [2.05, 4.69) is 9.79 Å². The molecule has 0 radical (unpaired) electrons. The molecule has 5 nitrogen and oxygen atoms in total. The van der Waals surface area contributed by atoms with Crippen LogP contribution in [0, 0.1) is 0 Å². The fourth-order valence-corrected chi connectivity index (χ4v) is 1.20. The lowest BCUT2D eigenvalue weighted by Gasteiger charge is -1.93. The number of rotatable bonds is 2. The summed E-state index contributed by atoms with van der Waals surface area (Å²) in [5.41, 5.74) is 1.29. The van der Waals surface area contributed by atoms with E-state index < -0.39 is 5.95 Å². The molecular weight excluding hydrogens is 196 g/mol. The maximum Gasteiger partial charge on any atom is 0.239 e. The molecule has 0 bridgehead atoms. The highest BCUT2D eigenvalue weighted by molar-refractivity contribution is 5.94. The van der Waals surface area contributed by atoms with E-state index in [0.29, 0.717) is 11.3 Å². The van der Waals surface area contributed by atoms with Gasteiger partial charge in [0, 0.05) is 17.7 Å². The molecule has 0 saturated carbocycles. The molecule has 2 rings (SSSR count). The third kappa shape index (κ3) is 1.85. The summed E-state index contributed by atoms with van der Waals surface area (Å²) in [6, 6.07) is 6.73. The van der Waals surface area contributed by atoms with Gasteiger partial charge in [-0.05, 0) is 23.7 Å². The van der Waals surface area contributed by atoms with E-state index >= 15 is 0 Å². The summed E-state index contributed by atoms with van der Waals surface area (Å²) in [5, 5.41) is 14.2. The number of Topliss-reactive ketones (excluding diaryl/α,β-unsaturated/α-hetero) is 1. The number of carbonyl (C=O) groups excluding carboxylic acids is 1. The molecule has 76 valence electrons. The van der Waals surface area contributed by atoms with E-state index in [9.17, 15) is 9.90 Å². The first kappa shape index (κ1) is 9.39. The van der Waals surface area contributed by atoms with Crippen molar-refractivity contribution < 1.29 is 19.1 Å². The molecule has 5 heteroatoms. The van der Waals surface area contributed by atoms with Crippen molar-refractivity contribution >= 4 is 5.78 Å². The number of aromatic nitrogens is 2. The summed E-state index contributed by atoms with van der Waals surface area (Å²) in [5.74, 6) is -0.512. The number of hydrogen-bond acceptors (Lipinski definition) is 4. The van der Waals surface area contributed by atoms with Crippen molar-refractivity contribution in [3.63, 3.8) is 0 Å². The van der Waals surface area contributed by atoms with Crippen LogP contribution in [-0.4, -0.2) is 11.1 Å². The number of benzene rings is 1. The van der Waals surface area contributed by atoms with Crippen LogP contribution in [0.2, 0.25) is 0 Å². The molecule has 0 atom stereocenters. The van der Waals surface area contributed by atoms with E-state index in [4.69, 9.17) is 0 Å². The molecule has 0 spiro atoms. The van der Waals surface area contributed by atoms with Crippen LogP contribution < -0.4 is 9.79 Å². The predicted octanol–water partition coefficient (Wildman–Crippen LogP) is 0.228. The quantitative estimate of drug-likeness (QED) is 0.518. The van der Waals surface area contributed by atoms with Crippen molar-refractivity contribution in [3.8, 4) is 11.6 Å². The summed E-state index contributed by atoms with van der Waals surface area (Å²) >= 11 is 0. The number of nitrogens with zero attached hydrogens (tertiary/aromatic N) is 2. The monoisotopic (exact) mass is 204 g/mol. The molecule has 1 aromatic heterocycles. The Morgan fingerprint density at radius 1 is 1.40 bits per heavy atom. The molecule has 2 aromatic rings. The van der Waals surface area contributed by atoms with Crippen LogP contribution in [0.25, 0.3) is 5.69 Å². The Morgan fingerprint density at radius 3 is 2.53 bits per heavy atom. The zero-order chi connectivity index (χ0) is 10.8. The zero-order valence-electron chi connectivity index (χ0n) is 8.01. The third-order valence-electron chi connectivity index (χ3n) is 1.98. The molecule has 15 heavy (non-hydrogen) atoms. The van der Waals surface area contributed by atoms with Crippen molar-refractivity contribution in [3.05, 3.63) is 36.0 Å². The van der Waals surface area contributed by atoms with Gasteiger partial charge < -0.3 is 9.63 Å². The van der Waals surface area contributed by atoms with E-state index in [1.165, 1.54) is 17.8 Å². The Kier molecular flexibility index (Phi) is 2.21. The lowest BCUT2D eigenvalue weighted by Crippen LogP contribution is -2.31. The minimum atomic E-state index is -0.509. The van der Waals surface area contributed by atoms with Gasteiger partial charge in [0.05, 0.1) is 5.27 Å². The van der Waals surface area contributed by atoms with Crippen molar-refractivity contribution in [2.45, 2.75) is 6.92 Å². The third-order valence-corrected chi connectivity index (χ3v) is 1.98. The minimum Gasteiger partial charge on any atom is -0.539 e. The molecule has 1 aromatic carbocycles. The fraction of sp³-hybridized carbons (Fsp3) is 0.100. The summed E-state index contributed by atoms with van der Waals surface area (Å²) in [6.07, 6.45) is 1.22. The van der Waals surface area contributed by atoms with Crippen LogP contribution in [-0.2, 0) is 0 Å². The van der Waals surface area contributed by atoms with Crippen molar-refractivity contribution in [2.24, 2.45) is 0 Å². The summed E-state index contributed by atoms with van der Waals surface area (Å²) in [7, 11) is 0. The van der Waals surface area contributed by atoms with Gasteiger partial charge in [0.2, 0.25) is 11.9 Å². The first-order chi connectivity index (χ1) is 7.16. The van der Waals surface area contributed by atoms with Crippen molar-refractivity contribution in [1.29, 1.82) is 0 Å².